The zero-order valence-electron chi connectivity index (χ0n) is 15.2. The van der Waals surface area contributed by atoms with Crippen LogP contribution in [0.25, 0.3) is 5.53 Å². The summed E-state index contributed by atoms with van der Waals surface area (Å²) < 4.78 is 11.2. The third-order valence-electron chi connectivity index (χ3n) is 5.04. The molecule has 1 aliphatic rings. The zero-order chi connectivity index (χ0) is 17.9. The van der Waals surface area contributed by atoms with Crippen LogP contribution in [0.4, 0.5) is 0 Å². The first kappa shape index (κ1) is 20.0. The molecule has 0 bridgehead atoms. The van der Waals surface area contributed by atoms with Gasteiger partial charge in [-0.1, -0.05) is 20.8 Å². The fraction of sp³-hybridized carbons (Fsp3) is 0.875. The predicted molar refractivity (Wildman–Crippen MR) is 90.7 cm³/mol. The highest BCUT2D eigenvalue weighted by Gasteiger charge is 2.50. The smallest absolute Gasteiger partial charge is 0.420 e. The van der Waals surface area contributed by atoms with Gasteiger partial charge < -0.3 is 19.8 Å². The number of carbonyl (C=O) groups excluding carboxylic acids is 1. The van der Waals surface area contributed by atoms with E-state index in [1.807, 2.05) is 0 Å². The molecule has 0 aromatic heterocycles. The van der Waals surface area contributed by atoms with E-state index in [0.717, 1.165) is 0 Å². The topological polar surface area (TPSA) is 92.2 Å². The SMILES string of the molecule is CCOC(=O)C(=[N+]=[N-])C1(O)CCC(O[Si](C)(C)C(C)(C)C)CC1. The monoisotopic (exact) mass is 342 g/mol. The molecule has 7 heteroatoms. The first-order chi connectivity index (χ1) is 10.5. The Hall–Kier alpha value is -1.01. The molecule has 0 amide bonds. The Morgan fingerprint density at radius 2 is 1.87 bits per heavy atom. The van der Waals surface area contributed by atoms with Crippen LogP contribution >= 0.6 is 0 Å². The quantitative estimate of drug-likeness (QED) is 0.273. The minimum absolute atomic E-state index is 0.0679. The first-order valence-electron chi connectivity index (χ1n) is 8.26. The molecule has 0 aromatic rings. The molecule has 0 heterocycles. The molecular formula is C16H30N2O4Si. The highest BCUT2D eigenvalue weighted by molar-refractivity contribution is 6.74. The highest BCUT2D eigenvalue weighted by atomic mass is 28.4. The van der Waals surface area contributed by atoms with E-state index >= 15 is 0 Å². The van der Waals surface area contributed by atoms with Crippen molar-refractivity contribution >= 4 is 20.0 Å². The van der Waals surface area contributed by atoms with E-state index < -0.39 is 19.9 Å². The fourth-order valence-electron chi connectivity index (χ4n) is 2.54. The number of aliphatic hydroxyl groups is 1. The summed E-state index contributed by atoms with van der Waals surface area (Å²) >= 11 is 0. The van der Waals surface area contributed by atoms with Gasteiger partial charge in [-0.25, -0.2) is 4.79 Å². The second kappa shape index (κ2) is 7.26. The number of nitrogens with zero attached hydrogens (tertiary/aromatic N) is 2. The predicted octanol–water partition coefficient (Wildman–Crippen LogP) is 2.92. The summed E-state index contributed by atoms with van der Waals surface area (Å²) in [6, 6.07) is 0. The Kier molecular flexibility index (Phi) is 6.32. The molecule has 1 rings (SSSR count). The van der Waals surface area contributed by atoms with Crippen molar-refractivity contribution in [2.75, 3.05) is 6.61 Å². The van der Waals surface area contributed by atoms with Crippen LogP contribution in [0.5, 0.6) is 0 Å². The number of hydrogen-bond donors (Lipinski definition) is 1. The zero-order valence-corrected chi connectivity index (χ0v) is 16.2. The summed E-state index contributed by atoms with van der Waals surface area (Å²) in [6.07, 6.45) is 1.97. The third kappa shape index (κ3) is 4.73. The maximum Gasteiger partial charge on any atom is 0.420 e. The molecule has 1 saturated carbocycles. The number of carbonyl (C=O) groups is 1. The molecule has 132 valence electrons. The summed E-state index contributed by atoms with van der Waals surface area (Å²) in [7, 11) is -1.86. The normalized spacial score (nSPS) is 25.6. The summed E-state index contributed by atoms with van der Waals surface area (Å²) in [5.41, 5.74) is 7.37. The van der Waals surface area contributed by atoms with Crippen molar-refractivity contribution in [3.8, 4) is 0 Å². The number of rotatable bonds is 5. The van der Waals surface area contributed by atoms with Gasteiger partial charge in [0.2, 0.25) is 0 Å². The first-order valence-corrected chi connectivity index (χ1v) is 11.2. The van der Waals surface area contributed by atoms with Crippen LogP contribution < -0.4 is 0 Å². The van der Waals surface area contributed by atoms with Crippen molar-refractivity contribution in [1.82, 2.24) is 0 Å². The lowest BCUT2D eigenvalue weighted by atomic mass is 9.80. The van der Waals surface area contributed by atoms with Gasteiger partial charge in [-0.2, -0.15) is 4.79 Å². The van der Waals surface area contributed by atoms with Crippen LogP contribution in [0.3, 0.4) is 0 Å². The van der Waals surface area contributed by atoms with Crippen molar-refractivity contribution < 1.29 is 23.9 Å². The van der Waals surface area contributed by atoms with E-state index in [4.69, 9.17) is 14.7 Å². The van der Waals surface area contributed by atoms with Gasteiger partial charge in [0.25, 0.3) is 0 Å². The number of hydrogen-bond acceptors (Lipinski definition) is 4. The van der Waals surface area contributed by atoms with Gasteiger partial charge in [-0.05, 0) is 50.7 Å². The van der Waals surface area contributed by atoms with Crippen molar-refractivity contribution in [3.63, 3.8) is 0 Å². The Morgan fingerprint density at radius 3 is 2.26 bits per heavy atom. The molecule has 0 spiro atoms. The van der Waals surface area contributed by atoms with Crippen LogP contribution in [0.2, 0.25) is 18.1 Å². The molecule has 0 radical (unpaired) electrons. The second-order valence-electron chi connectivity index (χ2n) is 7.78. The summed E-state index contributed by atoms with van der Waals surface area (Å²) in [5.74, 6) is -0.763. The Bertz CT molecular complexity index is 485. The average Bonchev–Trinajstić information content (AvgIpc) is 2.41. The Labute approximate surface area is 139 Å². The van der Waals surface area contributed by atoms with Crippen LogP contribution in [0, 0.1) is 0 Å². The molecule has 1 fully saturated rings. The molecule has 6 nitrogen and oxygen atoms in total. The van der Waals surface area contributed by atoms with Crippen molar-refractivity contribution in [2.24, 2.45) is 0 Å². The molecule has 0 saturated heterocycles. The molecule has 1 N–H and O–H groups in total. The molecule has 0 aliphatic heterocycles. The van der Waals surface area contributed by atoms with Crippen LogP contribution in [0.1, 0.15) is 53.4 Å². The van der Waals surface area contributed by atoms with Gasteiger partial charge in [-0.3, -0.25) is 0 Å². The van der Waals surface area contributed by atoms with E-state index in [2.05, 4.69) is 38.7 Å². The van der Waals surface area contributed by atoms with E-state index in [-0.39, 0.29) is 23.5 Å². The van der Waals surface area contributed by atoms with Gasteiger partial charge in [0.05, 0.1) is 6.61 Å². The van der Waals surface area contributed by atoms with E-state index in [0.29, 0.717) is 25.7 Å². The standard InChI is InChI=1S/C16H30N2O4Si/c1-7-21-14(19)13(18-17)16(20)10-8-12(9-11-16)22-23(5,6)15(2,3)4/h12,20H,7-11H2,1-6H3. The average molecular weight is 343 g/mol. The van der Waals surface area contributed by atoms with Gasteiger partial charge in [0.1, 0.15) is 0 Å². The van der Waals surface area contributed by atoms with Gasteiger partial charge in [0.15, 0.2) is 13.9 Å². The largest absolute Gasteiger partial charge is 0.457 e. The second-order valence-corrected chi connectivity index (χ2v) is 12.5. The lowest BCUT2D eigenvalue weighted by molar-refractivity contribution is -0.144. The molecule has 0 unspecified atom stereocenters. The summed E-state index contributed by atoms with van der Waals surface area (Å²) in [6.45, 7) is 12.8. The minimum atomic E-state index is -1.86. The molecule has 23 heavy (non-hydrogen) atoms. The van der Waals surface area contributed by atoms with E-state index in [9.17, 15) is 9.90 Å². The molecule has 0 aromatic carbocycles. The molecular weight excluding hydrogens is 312 g/mol. The maximum absolute atomic E-state index is 11.8. The van der Waals surface area contributed by atoms with Crippen LogP contribution in [-0.2, 0) is 14.0 Å². The van der Waals surface area contributed by atoms with Crippen LogP contribution in [-0.4, -0.2) is 48.2 Å². The highest BCUT2D eigenvalue weighted by Crippen LogP contribution is 2.40. The van der Waals surface area contributed by atoms with E-state index in [1.54, 1.807) is 6.92 Å². The molecule has 0 atom stereocenters. The number of esters is 1. The van der Waals surface area contributed by atoms with Crippen LogP contribution in [0.15, 0.2) is 0 Å². The van der Waals surface area contributed by atoms with Crippen molar-refractivity contribution in [1.29, 1.82) is 0 Å². The summed E-state index contributed by atoms with van der Waals surface area (Å²) in [4.78, 5) is 14.8. The fourth-order valence-corrected chi connectivity index (χ4v) is 3.96. The minimum Gasteiger partial charge on any atom is -0.457 e. The van der Waals surface area contributed by atoms with Crippen molar-refractivity contribution in [3.05, 3.63) is 5.53 Å². The van der Waals surface area contributed by atoms with E-state index in [1.165, 1.54) is 0 Å². The maximum atomic E-state index is 11.8. The lowest BCUT2D eigenvalue weighted by Crippen LogP contribution is -2.51. The third-order valence-corrected chi connectivity index (χ3v) is 9.57. The summed E-state index contributed by atoms with van der Waals surface area (Å²) in [5, 5.41) is 10.8. The van der Waals surface area contributed by atoms with Gasteiger partial charge >= 0.3 is 11.7 Å². The van der Waals surface area contributed by atoms with Crippen molar-refractivity contribution in [2.45, 2.75) is 83.2 Å². The van der Waals surface area contributed by atoms with Gasteiger partial charge in [0, 0.05) is 6.10 Å². The Morgan fingerprint density at radius 1 is 1.35 bits per heavy atom. The number of ether oxygens (including phenoxy) is 1. The molecule has 1 aliphatic carbocycles. The Balaban J connectivity index is 2.74. The van der Waals surface area contributed by atoms with Gasteiger partial charge in [-0.15, -0.1) is 0 Å². The lowest BCUT2D eigenvalue weighted by Gasteiger charge is -2.42.